The molecule has 0 atom stereocenters. The third-order valence-electron chi connectivity index (χ3n) is 0.667. The fourth-order valence-electron chi connectivity index (χ4n) is 0.385. The Morgan fingerprint density at radius 1 is 1.00 bits per heavy atom. The predicted molar refractivity (Wildman–Crippen MR) is 48.3 cm³/mol. The molecular weight excluding hydrogens is 207 g/mol. The molecule has 12 heavy (non-hydrogen) atoms. The van der Waals surface area contributed by atoms with Crippen molar-refractivity contribution in [2.24, 2.45) is 0 Å². The molecule has 0 heterocycles. The van der Waals surface area contributed by atoms with Gasteiger partial charge in [0.15, 0.2) is 0 Å². The second-order valence-corrected chi connectivity index (χ2v) is 3.80. The Balaban J connectivity index is -0.000000136. The molecule has 3 nitrogen and oxygen atoms in total. The first-order valence-corrected chi connectivity index (χ1v) is 5.10. The number of rotatable bonds is 0. The molecule has 1 aromatic rings. The van der Waals surface area contributed by atoms with Gasteiger partial charge in [-0.3, -0.25) is 9.11 Å². The molecule has 0 radical (unpaired) electrons. The van der Waals surface area contributed by atoms with Crippen molar-refractivity contribution in [1.29, 1.82) is 0 Å². The van der Waals surface area contributed by atoms with Crippen LogP contribution in [0.3, 0.4) is 0 Å². The van der Waals surface area contributed by atoms with E-state index in [2.05, 4.69) is 11.2 Å². The van der Waals surface area contributed by atoms with Crippen LogP contribution in [-0.4, -0.2) is 13.3 Å². The summed E-state index contributed by atoms with van der Waals surface area (Å²) in [6.07, 6.45) is 0. The van der Waals surface area contributed by atoms with Crippen molar-refractivity contribution in [3.63, 3.8) is 0 Å². The molecule has 0 aliphatic rings. The molecule has 6 heteroatoms. The van der Waals surface area contributed by atoms with E-state index in [1.165, 1.54) is 0 Å². The molecular formula is C6H9NaO3S2. The maximum absolute atomic E-state index is 9.11. The monoisotopic (exact) mass is 216 g/mol. The molecule has 0 unspecified atom stereocenters. The zero-order valence-corrected chi connectivity index (χ0v) is 10.2. The zero-order valence-electron chi connectivity index (χ0n) is 7.58. The quantitative estimate of drug-likeness (QED) is 0.517. The molecule has 0 spiro atoms. The van der Waals surface area contributed by atoms with Gasteiger partial charge in [0.1, 0.15) is 0 Å². The second-order valence-electron chi connectivity index (χ2n) is 1.60. The third-order valence-corrected chi connectivity index (χ3v) is 0.667. The van der Waals surface area contributed by atoms with Crippen LogP contribution in [0.25, 0.3) is 0 Å². The van der Waals surface area contributed by atoms with E-state index in [0.717, 1.165) is 0 Å². The average Bonchev–Trinajstić information content (AvgIpc) is 1.88. The van der Waals surface area contributed by atoms with E-state index in [9.17, 15) is 0 Å². The van der Waals surface area contributed by atoms with E-state index in [1.54, 1.807) is 0 Å². The zero-order chi connectivity index (χ0) is 8.74. The molecule has 0 aromatic heterocycles. The molecule has 0 aliphatic carbocycles. The summed E-state index contributed by atoms with van der Waals surface area (Å²) in [6, 6.07) is 12.0. The largest absolute Gasteiger partial charge is 1.00 e. The van der Waals surface area contributed by atoms with E-state index in [4.69, 9.17) is 13.3 Å². The first kappa shape index (κ1) is 15.0. The minimum absolute atomic E-state index is 0. The van der Waals surface area contributed by atoms with E-state index < -0.39 is 9.05 Å². The summed E-state index contributed by atoms with van der Waals surface area (Å²) in [7, 11) is -3.83. The minimum Gasteiger partial charge on any atom is -1.00 e. The van der Waals surface area contributed by atoms with Crippen molar-refractivity contribution in [1.82, 2.24) is 0 Å². The van der Waals surface area contributed by atoms with Gasteiger partial charge in [-0.2, -0.15) is 4.21 Å². The van der Waals surface area contributed by atoms with Crippen LogP contribution < -0.4 is 29.6 Å². The van der Waals surface area contributed by atoms with E-state index in [0.29, 0.717) is 0 Å². The van der Waals surface area contributed by atoms with Crippen LogP contribution in [0.2, 0.25) is 0 Å². The summed E-state index contributed by atoms with van der Waals surface area (Å²) in [5.41, 5.74) is 0. The maximum atomic E-state index is 9.11. The summed E-state index contributed by atoms with van der Waals surface area (Å²) in [6.45, 7) is 0. The molecule has 1 rings (SSSR count). The minimum atomic E-state index is -3.83. The van der Waals surface area contributed by atoms with E-state index >= 15 is 0 Å². The number of hydrogen-bond donors (Lipinski definition) is 2. The summed E-state index contributed by atoms with van der Waals surface area (Å²) in [5.74, 6) is 0. The fraction of sp³-hybridized carbons (Fsp3) is 0. The molecule has 1 aromatic carbocycles. The maximum Gasteiger partial charge on any atom is 1.00 e. The van der Waals surface area contributed by atoms with Gasteiger partial charge in [0.05, 0.1) is 0 Å². The van der Waals surface area contributed by atoms with Gasteiger partial charge >= 0.3 is 29.6 Å². The Morgan fingerprint density at radius 2 is 1.08 bits per heavy atom. The van der Waals surface area contributed by atoms with E-state index in [1.807, 2.05) is 36.4 Å². The van der Waals surface area contributed by atoms with Crippen LogP contribution in [0.15, 0.2) is 36.4 Å². The van der Waals surface area contributed by atoms with Gasteiger partial charge in [0, 0.05) is 11.2 Å². The molecule has 64 valence electrons. The van der Waals surface area contributed by atoms with Crippen LogP contribution in [-0.2, 0) is 20.2 Å². The average molecular weight is 216 g/mol. The van der Waals surface area contributed by atoms with Gasteiger partial charge < -0.3 is 1.43 Å². The van der Waals surface area contributed by atoms with Crippen LogP contribution in [0.5, 0.6) is 0 Å². The van der Waals surface area contributed by atoms with Crippen molar-refractivity contribution >= 4 is 20.2 Å². The summed E-state index contributed by atoms with van der Waals surface area (Å²) < 4.78 is 24.0. The van der Waals surface area contributed by atoms with Crippen LogP contribution >= 0.6 is 0 Å². The van der Waals surface area contributed by atoms with Gasteiger partial charge in [-0.05, 0) is 0 Å². The SMILES string of the molecule is O=S(O)(O)=S.[H-].[Na+].c1ccccc1. The van der Waals surface area contributed by atoms with Crippen molar-refractivity contribution in [3.8, 4) is 0 Å². The van der Waals surface area contributed by atoms with Gasteiger partial charge in [-0.1, -0.05) is 36.4 Å². The Labute approximate surface area is 100 Å². The molecule has 0 bridgehead atoms. The van der Waals surface area contributed by atoms with Gasteiger partial charge in [-0.25, -0.2) is 0 Å². The van der Waals surface area contributed by atoms with Gasteiger partial charge in [-0.15, -0.1) is 0 Å². The Bertz CT molecular complexity index is 242. The molecule has 0 aliphatic heterocycles. The molecule has 0 amide bonds. The van der Waals surface area contributed by atoms with Crippen molar-refractivity contribution in [2.45, 2.75) is 0 Å². The molecule has 0 saturated carbocycles. The summed E-state index contributed by atoms with van der Waals surface area (Å²) in [4.78, 5) is 0. The Hall–Kier alpha value is 0.510. The van der Waals surface area contributed by atoms with Crippen molar-refractivity contribution in [3.05, 3.63) is 36.4 Å². The van der Waals surface area contributed by atoms with Crippen LogP contribution in [0.4, 0.5) is 0 Å². The number of hydrogen-bond acceptors (Lipinski definition) is 2. The second kappa shape index (κ2) is 8.12. The van der Waals surface area contributed by atoms with Crippen LogP contribution in [0.1, 0.15) is 1.43 Å². The Morgan fingerprint density at radius 3 is 1.17 bits per heavy atom. The van der Waals surface area contributed by atoms with Gasteiger partial charge in [0.25, 0.3) is 9.05 Å². The topological polar surface area (TPSA) is 57.5 Å². The van der Waals surface area contributed by atoms with Crippen molar-refractivity contribution < 1.29 is 44.3 Å². The molecule has 0 saturated heterocycles. The standard InChI is InChI=1S/C6H6.Na.H2O3S2.H/c1-2-4-6-5-3-1;;1-5(2,3)4;/h1-6H;;(H2,1,2,3,4);/q;+1;;-1. The Kier molecular flexibility index (Phi) is 10.2. The molecule has 2 N–H and O–H groups in total. The van der Waals surface area contributed by atoms with Crippen LogP contribution in [0, 0.1) is 0 Å². The normalized spacial score (nSPS) is 8.83. The molecule has 0 fully saturated rings. The smallest absolute Gasteiger partial charge is 1.00 e. The first-order chi connectivity index (χ1) is 5.00. The summed E-state index contributed by atoms with van der Waals surface area (Å²) in [5, 5.41) is 0. The first-order valence-electron chi connectivity index (χ1n) is 2.70. The van der Waals surface area contributed by atoms with Gasteiger partial charge in [0.2, 0.25) is 0 Å². The predicted octanol–water partition coefficient (Wildman–Crippen LogP) is -1.52. The van der Waals surface area contributed by atoms with Crippen molar-refractivity contribution in [2.75, 3.05) is 0 Å². The summed E-state index contributed by atoms with van der Waals surface area (Å²) >= 11 is 3.47. The van der Waals surface area contributed by atoms with E-state index in [-0.39, 0.29) is 31.0 Å². The number of benzene rings is 1. The fourth-order valence-corrected chi connectivity index (χ4v) is 0.385. The third kappa shape index (κ3) is 22.4.